The molecule has 0 N–H and O–H groups in total. The van der Waals surface area contributed by atoms with Crippen molar-refractivity contribution in [3.63, 3.8) is 0 Å². The van der Waals surface area contributed by atoms with Crippen LogP contribution in [-0.4, -0.2) is 5.78 Å². The average Bonchev–Trinajstić information content (AvgIpc) is 2.60. The summed E-state index contributed by atoms with van der Waals surface area (Å²) in [4.78, 5) is 10.9. The van der Waals surface area contributed by atoms with Crippen molar-refractivity contribution in [2.75, 3.05) is 0 Å². The maximum absolute atomic E-state index is 10.9. The molecule has 2 unspecified atom stereocenters. The largest absolute Gasteiger partial charge is 0.300 e. The Morgan fingerprint density at radius 3 is 3.00 bits per heavy atom. The van der Waals surface area contributed by atoms with Crippen molar-refractivity contribution < 1.29 is 4.79 Å². The second kappa shape index (κ2) is 2.45. The van der Waals surface area contributed by atoms with Crippen molar-refractivity contribution in [1.82, 2.24) is 0 Å². The van der Waals surface area contributed by atoms with E-state index in [1.807, 2.05) is 0 Å². The lowest BCUT2D eigenvalue weighted by atomic mass is 10.1. The number of rotatable bonds is 2. The Hall–Kier alpha value is -0.630. The van der Waals surface area contributed by atoms with Gasteiger partial charge in [0.1, 0.15) is 5.78 Å². The van der Waals surface area contributed by atoms with E-state index in [9.17, 15) is 4.79 Å². The Morgan fingerprint density at radius 2 is 2.55 bits per heavy atom. The summed E-state index contributed by atoms with van der Waals surface area (Å²) in [6.45, 7) is 1.69. The van der Waals surface area contributed by atoms with Crippen LogP contribution < -0.4 is 0 Å². The minimum absolute atomic E-state index is 0.338. The molecule has 1 fully saturated rings. The first-order chi connectivity index (χ1) is 5.29. The zero-order valence-electron chi connectivity index (χ0n) is 6.41. The third-order valence-corrected chi connectivity index (χ3v) is 2.99. The summed E-state index contributed by atoms with van der Waals surface area (Å²) in [5, 5.41) is 4.22. The summed E-state index contributed by atoms with van der Waals surface area (Å²) in [6.07, 6.45) is 1.08. The van der Waals surface area contributed by atoms with Gasteiger partial charge in [0.05, 0.1) is 0 Å². The van der Waals surface area contributed by atoms with Crippen molar-refractivity contribution in [3.05, 3.63) is 22.4 Å². The van der Waals surface area contributed by atoms with Crippen molar-refractivity contribution in [3.8, 4) is 0 Å². The first kappa shape index (κ1) is 7.04. The molecular formula is C9H10OS. The van der Waals surface area contributed by atoms with Crippen molar-refractivity contribution >= 4 is 17.1 Å². The van der Waals surface area contributed by atoms with Crippen LogP contribution in [0.2, 0.25) is 0 Å². The number of hydrogen-bond acceptors (Lipinski definition) is 2. The standard InChI is InChI=1S/C9H10OS/c1-6(10)8-4-9(8)7-2-3-11-5-7/h2-3,5,8-9H,4H2,1H3. The van der Waals surface area contributed by atoms with E-state index in [4.69, 9.17) is 0 Å². The molecular weight excluding hydrogens is 156 g/mol. The predicted molar refractivity (Wildman–Crippen MR) is 45.8 cm³/mol. The van der Waals surface area contributed by atoms with Gasteiger partial charge in [0.25, 0.3) is 0 Å². The van der Waals surface area contributed by atoms with Crippen LogP contribution in [0.25, 0.3) is 0 Å². The monoisotopic (exact) mass is 166 g/mol. The van der Waals surface area contributed by atoms with Crippen LogP contribution >= 0.6 is 11.3 Å². The lowest BCUT2D eigenvalue weighted by molar-refractivity contribution is -0.118. The molecule has 2 rings (SSSR count). The second-order valence-corrected chi connectivity index (χ2v) is 3.90. The predicted octanol–water partition coefficient (Wildman–Crippen LogP) is 2.44. The maximum atomic E-state index is 10.9. The van der Waals surface area contributed by atoms with E-state index in [0.29, 0.717) is 17.6 Å². The fourth-order valence-electron chi connectivity index (χ4n) is 1.50. The molecule has 1 saturated carbocycles. The van der Waals surface area contributed by atoms with E-state index in [0.717, 1.165) is 6.42 Å². The first-order valence-corrected chi connectivity index (χ1v) is 4.76. The Bertz CT molecular complexity index is 263. The molecule has 1 aromatic rings. The van der Waals surface area contributed by atoms with E-state index < -0.39 is 0 Å². The van der Waals surface area contributed by atoms with E-state index in [-0.39, 0.29) is 0 Å². The lowest BCUT2D eigenvalue weighted by Gasteiger charge is -1.90. The van der Waals surface area contributed by atoms with Crippen LogP contribution in [0.15, 0.2) is 16.8 Å². The van der Waals surface area contributed by atoms with Gasteiger partial charge in [-0.2, -0.15) is 11.3 Å². The summed E-state index contributed by atoms with van der Waals surface area (Å²) in [5.41, 5.74) is 1.36. The highest BCUT2D eigenvalue weighted by molar-refractivity contribution is 7.08. The van der Waals surface area contributed by atoms with Crippen LogP contribution in [0.4, 0.5) is 0 Å². The Labute approximate surface area is 70.1 Å². The molecule has 58 valence electrons. The van der Waals surface area contributed by atoms with Gasteiger partial charge in [-0.05, 0) is 41.7 Å². The average molecular weight is 166 g/mol. The molecule has 1 aliphatic carbocycles. The quantitative estimate of drug-likeness (QED) is 0.659. The number of hydrogen-bond donors (Lipinski definition) is 0. The minimum Gasteiger partial charge on any atom is -0.300 e. The summed E-state index contributed by atoms with van der Waals surface area (Å²) < 4.78 is 0. The zero-order valence-corrected chi connectivity index (χ0v) is 7.23. The molecule has 1 heterocycles. The number of carbonyl (C=O) groups is 1. The first-order valence-electron chi connectivity index (χ1n) is 3.81. The molecule has 2 heteroatoms. The Morgan fingerprint density at radius 1 is 1.73 bits per heavy atom. The van der Waals surface area contributed by atoms with Gasteiger partial charge in [-0.1, -0.05) is 0 Å². The van der Waals surface area contributed by atoms with Gasteiger partial charge in [-0.15, -0.1) is 0 Å². The van der Waals surface area contributed by atoms with Crippen LogP contribution in [-0.2, 0) is 4.79 Å². The van der Waals surface area contributed by atoms with E-state index in [1.54, 1.807) is 18.3 Å². The minimum atomic E-state index is 0.338. The highest BCUT2D eigenvalue weighted by atomic mass is 32.1. The smallest absolute Gasteiger partial charge is 0.133 e. The third kappa shape index (κ3) is 1.23. The summed E-state index contributed by atoms with van der Waals surface area (Å²) >= 11 is 1.71. The normalized spacial score (nSPS) is 28.5. The molecule has 1 aliphatic rings. The Balaban J connectivity index is 2.08. The van der Waals surface area contributed by atoms with Gasteiger partial charge >= 0.3 is 0 Å². The van der Waals surface area contributed by atoms with E-state index in [1.165, 1.54) is 5.56 Å². The molecule has 0 amide bonds. The highest BCUT2D eigenvalue weighted by Crippen LogP contribution is 2.48. The second-order valence-electron chi connectivity index (χ2n) is 3.12. The number of thiophene rings is 1. The van der Waals surface area contributed by atoms with Crippen LogP contribution in [0, 0.1) is 5.92 Å². The molecule has 0 radical (unpaired) electrons. The number of carbonyl (C=O) groups excluding carboxylic acids is 1. The van der Waals surface area contributed by atoms with Crippen molar-refractivity contribution in [2.45, 2.75) is 19.3 Å². The third-order valence-electron chi connectivity index (χ3n) is 2.28. The van der Waals surface area contributed by atoms with Crippen LogP contribution in [0.5, 0.6) is 0 Å². The molecule has 1 nitrogen and oxygen atoms in total. The summed E-state index contributed by atoms with van der Waals surface area (Å²) in [7, 11) is 0. The van der Waals surface area contributed by atoms with Gasteiger partial charge < -0.3 is 0 Å². The zero-order chi connectivity index (χ0) is 7.84. The fourth-order valence-corrected chi connectivity index (χ4v) is 2.22. The topological polar surface area (TPSA) is 17.1 Å². The molecule has 0 aliphatic heterocycles. The molecule has 2 atom stereocenters. The van der Waals surface area contributed by atoms with Gasteiger partial charge in [-0.3, -0.25) is 4.79 Å². The van der Waals surface area contributed by atoms with Crippen LogP contribution in [0.1, 0.15) is 24.8 Å². The molecule has 0 saturated heterocycles. The van der Waals surface area contributed by atoms with Gasteiger partial charge in [0.2, 0.25) is 0 Å². The van der Waals surface area contributed by atoms with Crippen molar-refractivity contribution in [2.24, 2.45) is 5.92 Å². The Kier molecular flexibility index (Phi) is 1.57. The molecule has 0 aromatic carbocycles. The number of ketones is 1. The van der Waals surface area contributed by atoms with Gasteiger partial charge in [0, 0.05) is 5.92 Å². The van der Waals surface area contributed by atoms with Crippen LogP contribution in [0.3, 0.4) is 0 Å². The van der Waals surface area contributed by atoms with Gasteiger partial charge in [0.15, 0.2) is 0 Å². The van der Waals surface area contributed by atoms with Gasteiger partial charge in [-0.25, -0.2) is 0 Å². The van der Waals surface area contributed by atoms with E-state index >= 15 is 0 Å². The number of Topliss-reactive ketones (excluding diaryl/α,β-unsaturated/α-hetero) is 1. The highest BCUT2D eigenvalue weighted by Gasteiger charge is 2.41. The maximum Gasteiger partial charge on any atom is 0.133 e. The molecule has 0 bridgehead atoms. The molecule has 1 aromatic heterocycles. The van der Waals surface area contributed by atoms with E-state index in [2.05, 4.69) is 16.8 Å². The summed E-state index contributed by atoms with van der Waals surface area (Å²) in [5.74, 6) is 1.24. The lowest BCUT2D eigenvalue weighted by Crippen LogP contribution is -1.93. The fraction of sp³-hybridized carbons (Fsp3) is 0.444. The molecule has 0 spiro atoms. The summed E-state index contributed by atoms with van der Waals surface area (Å²) in [6, 6.07) is 2.12. The SMILES string of the molecule is CC(=O)C1CC1c1ccsc1. The molecule has 11 heavy (non-hydrogen) atoms. The van der Waals surface area contributed by atoms with Crippen molar-refractivity contribution in [1.29, 1.82) is 0 Å².